The number of aryl methyl sites for hydroxylation is 1. The van der Waals surface area contributed by atoms with Gasteiger partial charge >= 0.3 is 0 Å². The maximum atomic E-state index is 4.44. The van der Waals surface area contributed by atoms with Crippen molar-refractivity contribution in [3.8, 4) is 0 Å². The third-order valence-corrected chi connectivity index (χ3v) is 3.88. The van der Waals surface area contributed by atoms with Gasteiger partial charge in [0.15, 0.2) is 0 Å². The molecule has 0 aliphatic carbocycles. The Labute approximate surface area is 90.8 Å². The lowest BCUT2D eigenvalue weighted by Gasteiger charge is -2.02. The van der Waals surface area contributed by atoms with E-state index >= 15 is 0 Å². The molecule has 0 bridgehead atoms. The van der Waals surface area contributed by atoms with Gasteiger partial charge in [-0.05, 0) is 18.6 Å². The summed E-state index contributed by atoms with van der Waals surface area (Å²) in [6.07, 6.45) is 0. The van der Waals surface area contributed by atoms with Crippen molar-refractivity contribution in [2.45, 2.75) is 6.92 Å². The molecular formula is C10H10BrNS. The van der Waals surface area contributed by atoms with Crippen molar-refractivity contribution in [1.29, 1.82) is 0 Å². The summed E-state index contributed by atoms with van der Waals surface area (Å²) in [5.41, 5.74) is 2.51. The van der Waals surface area contributed by atoms with E-state index < -0.39 is 0 Å². The lowest BCUT2D eigenvalue weighted by molar-refractivity contribution is 1.17. The van der Waals surface area contributed by atoms with Gasteiger partial charge in [0.2, 0.25) is 0 Å². The van der Waals surface area contributed by atoms with Gasteiger partial charge in [0, 0.05) is 22.3 Å². The second-order valence-electron chi connectivity index (χ2n) is 3.00. The Balaban J connectivity index is 2.36. The van der Waals surface area contributed by atoms with E-state index in [-0.39, 0.29) is 0 Å². The van der Waals surface area contributed by atoms with Crippen LogP contribution in [0.25, 0.3) is 0 Å². The monoisotopic (exact) mass is 255 g/mol. The van der Waals surface area contributed by atoms with Crippen LogP contribution in [-0.2, 0) is 0 Å². The number of halogens is 1. The summed E-state index contributed by atoms with van der Waals surface area (Å²) in [5.74, 6) is 1.13. The third kappa shape index (κ3) is 1.97. The molecule has 0 atom stereocenters. The smallest absolute Gasteiger partial charge is 0.0978 e. The molecule has 3 heteroatoms. The highest BCUT2D eigenvalue weighted by Crippen LogP contribution is 2.23. The third-order valence-electron chi connectivity index (χ3n) is 2.00. The fourth-order valence-corrected chi connectivity index (χ4v) is 2.47. The molecule has 0 N–H and O–H groups in total. The summed E-state index contributed by atoms with van der Waals surface area (Å²) in [7, 11) is 0. The standard InChI is InChI=1S/C10H10BrNS/c1-7-2-3-8(6-9(7)11)10-12-4-5-13-10/h2-3,6H,4-5H2,1H3. The molecule has 1 heterocycles. The highest BCUT2D eigenvalue weighted by atomic mass is 79.9. The molecule has 2 rings (SSSR count). The number of benzene rings is 1. The van der Waals surface area contributed by atoms with Crippen LogP contribution in [0.2, 0.25) is 0 Å². The number of thioether (sulfide) groups is 1. The van der Waals surface area contributed by atoms with Gasteiger partial charge in [-0.15, -0.1) is 11.8 Å². The van der Waals surface area contributed by atoms with Crippen LogP contribution in [-0.4, -0.2) is 17.3 Å². The summed E-state index contributed by atoms with van der Waals surface area (Å²) in [5, 5.41) is 1.18. The van der Waals surface area contributed by atoms with Crippen molar-refractivity contribution in [3.05, 3.63) is 33.8 Å². The van der Waals surface area contributed by atoms with Crippen LogP contribution < -0.4 is 0 Å². The largest absolute Gasteiger partial charge is 0.277 e. The average molecular weight is 256 g/mol. The fourth-order valence-electron chi connectivity index (χ4n) is 1.24. The van der Waals surface area contributed by atoms with Gasteiger partial charge in [-0.1, -0.05) is 28.1 Å². The SMILES string of the molecule is Cc1ccc(C2=NCCS2)cc1Br. The van der Waals surface area contributed by atoms with Crippen LogP contribution >= 0.6 is 27.7 Å². The Hall–Kier alpha value is -0.280. The van der Waals surface area contributed by atoms with E-state index in [1.165, 1.54) is 20.6 Å². The van der Waals surface area contributed by atoms with Crippen LogP contribution in [0.4, 0.5) is 0 Å². The highest BCUT2D eigenvalue weighted by molar-refractivity contribution is 9.10. The molecule has 13 heavy (non-hydrogen) atoms. The molecule has 0 saturated heterocycles. The van der Waals surface area contributed by atoms with E-state index in [0.717, 1.165) is 12.3 Å². The molecule has 0 aromatic heterocycles. The van der Waals surface area contributed by atoms with Gasteiger partial charge in [-0.2, -0.15) is 0 Å². The molecule has 1 aromatic rings. The predicted octanol–water partition coefficient (Wildman–Crippen LogP) is 3.25. The molecule has 0 spiro atoms. The zero-order valence-corrected chi connectivity index (χ0v) is 9.78. The predicted molar refractivity (Wildman–Crippen MR) is 62.7 cm³/mol. The van der Waals surface area contributed by atoms with E-state index in [1.54, 1.807) is 0 Å². The van der Waals surface area contributed by atoms with Crippen molar-refractivity contribution < 1.29 is 0 Å². The Morgan fingerprint density at radius 3 is 2.92 bits per heavy atom. The van der Waals surface area contributed by atoms with Gasteiger partial charge in [0.25, 0.3) is 0 Å². The van der Waals surface area contributed by atoms with Gasteiger partial charge in [-0.25, -0.2) is 0 Å². The Kier molecular flexibility index (Phi) is 2.74. The fraction of sp³-hybridized carbons (Fsp3) is 0.300. The number of hydrogen-bond donors (Lipinski definition) is 0. The average Bonchev–Trinajstić information content (AvgIpc) is 2.62. The molecule has 1 aliphatic rings. The van der Waals surface area contributed by atoms with Crippen molar-refractivity contribution in [2.24, 2.45) is 4.99 Å². The summed E-state index contributed by atoms with van der Waals surface area (Å²) in [4.78, 5) is 4.44. The first-order valence-corrected chi connectivity index (χ1v) is 5.99. The molecule has 0 saturated carbocycles. The van der Waals surface area contributed by atoms with E-state index in [0.29, 0.717) is 0 Å². The van der Waals surface area contributed by atoms with Gasteiger partial charge < -0.3 is 0 Å². The summed E-state index contributed by atoms with van der Waals surface area (Å²) >= 11 is 5.37. The van der Waals surface area contributed by atoms with E-state index in [4.69, 9.17) is 0 Å². The van der Waals surface area contributed by atoms with Crippen molar-refractivity contribution in [2.75, 3.05) is 12.3 Å². The van der Waals surface area contributed by atoms with Crippen molar-refractivity contribution >= 4 is 32.7 Å². The lowest BCUT2D eigenvalue weighted by atomic mass is 10.2. The second kappa shape index (κ2) is 3.84. The zero-order valence-electron chi connectivity index (χ0n) is 7.38. The first-order valence-electron chi connectivity index (χ1n) is 4.21. The molecule has 1 aliphatic heterocycles. The first kappa shape index (κ1) is 9.28. The summed E-state index contributed by atoms with van der Waals surface area (Å²) < 4.78 is 1.17. The number of rotatable bonds is 1. The van der Waals surface area contributed by atoms with Gasteiger partial charge in [0.1, 0.15) is 0 Å². The molecule has 0 fully saturated rings. The summed E-state index contributed by atoms with van der Waals surface area (Å²) in [6, 6.07) is 6.41. The Morgan fingerprint density at radius 1 is 1.46 bits per heavy atom. The number of aliphatic imine (C=N–C) groups is 1. The minimum absolute atomic E-state index is 0.964. The molecule has 0 amide bonds. The first-order chi connectivity index (χ1) is 6.27. The maximum absolute atomic E-state index is 4.44. The Morgan fingerprint density at radius 2 is 2.31 bits per heavy atom. The summed E-state index contributed by atoms with van der Waals surface area (Å²) in [6.45, 7) is 3.06. The number of hydrogen-bond acceptors (Lipinski definition) is 2. The second-order valence-corrected chi connectivity index (χ2v) is 4.94. The Bertz CT molecular complexity index is 360. The quantitative estimate of drug-likeness (QED) is 0.751. The molecule has 1 aromatic carbocycles. The minimum Gasteiger partial charge on any atom is -0.277 e. The van der Waals surface area contributed by atoms with Gasteiger partial charge in [0.05, 0.1) is 5.04 Å². The molecule has 0 radical (unpaired) electrons. The van der Waals surface area contributed by atoms with Crippen molar-refractivity contribution in [3.63, 3.8) is 0 Å². The topological polar surface area (TPSA) is 12.4 Å². The van der Waals surface area contributed by atoms with E-state index in [2.05, 4.69) is 46.0 Å². The molecule has 1 nitrogen and oxygen atoms in total. The van der Waals surface area contributed by atoms with Crippen molar-refractivity contribution in [1.82, 2.24) is 0 Å². The highest BCUT2D eigenvalue weighted by Gasteiger charge is 2.09. The van der Waals surface area contributed by atoms with Crippen LogP contribution in [0.3, 0.4) is 0 Å². The van der Waals surface area contributed by atoms with E-state index in [1.807, 2.05) is 11.8 Å². The van der Waals surface area contributed by atoms with Crippen LogP contribution in [0.1, 0.15) is 11.1 Å². The van der Waals surface area contributed by atoms with Crippen LogP contribution in [0.15, 0.2) is 27.7 Å². The van der Waals surface area contributed by atoms with Crippen LogP contribution in [0.5, 0.6) is 0 Å². The van der Waals surface area contributed by atoms with Gasteiger partial charge in [-0.3, -0.25) is 4.99 Å². The molecular weight excluding hydrogens is 246 g/mol. The maximum Gasteiger partial charge on any atom is 0.0978 e. The zero-order chi connectivity index (χ0) is 9.26. The molecule has 0 unspecified atom stereocenters. The van der Waals surface area contributed by atoms with E-state index in [9.17, 15) is 0 Å². The number of nitrogens with zero attached hydrogens (tertiary/aromatic N) is 1. The van der Waals surface area contributed by atoms with Crippen LogP contribution in [0, 0.1) is 6.92 Å². The lowest BCUT2D eigenvalue weighted by Crippen LogP contribution is -1.92. The normalized spacial score (nSPS) is 16.0. The minimum atomic E-state index is 0.964. The molecule has 68 valence electrons.